The Morgan fingerprint density at radius 2 is 1.89 bits per heavy atom. The van der Waals surface area contributed by atoms with Gasteiger partial charge in [-0.05, 0) is 72.3 Å². The zero-order valence-corrected chi connectivity index (χ0v) is 18.0. The SMILES string of the molecule is O=C(Nc1ccc2c(c1)CCCN2S(=O)(=O)c1cccs1)c1ccc(Br)cc1. The number of halogens is 1. The van der Waals surface area contributed by atoms with Crippen molar-refractivity contribution in [3.8, 4) is 0 Å². The number of nitrogens with zero attached hydrogens (tertiary/aromatic N) is 1. The van der Waals surface area contributed by atoms with Gasteiger partial charge in [0.15, 0.2) is 0 Å². The summed E-state index contributed by atoms with van der Waals surface area (Å²) >= 11 is 4.57. The number of rotatable bonds is 4. The predicted molar refractivity (Wildman–Crippen MR) is 116 cm³/mol. The van der Waals surface area contributed by atoms with Gasteiger partial charge in [0.1, 0.15) is 4.21 Å². The summed E-state index contributed by atoms with van der Waals surface area (Å²) in [5.74, 6) is -0.202. The van der Waals surface area contributed by atoms with Crippen molar-refractivity contribution in [2.24, 2.45) is 0 Å². The first-order chi connectivity index (χ1) is 13.4. The first-order valence-electron chi connectivity index (χ1n) is 8.71. The molecule has 0 radical (unpaired) electrons. The van der Waals surface area contributed by atoms with Crippen LogP contribution in [0.4, 0.5) is 11.4 Å². The normalized spacial score (nSPS) is 13.8. The van der Waals surface area contributed by atoms with E-state index in [4.69, 9.17) is 0 Å². The summed E-state index contributed by atoms with van der Waals surface area (Å²) in [6, 6.07) is 15.9. The van der Waals surface area contributed by atoms with E-state index in [0.717, 1.165) is 22.9 Å². The molecule has 1 N–H and O–H groups in total. The second-order valence-electron chi connectivity index (χ2n) is 6.42. The molecule has 2 heterocycles. The van der Waals surface area contributed by atoms with Crippen LogP contribution in [0.25, 0.3) is 0 Å². The quantitative estimate of drug-likeness (QED) is 0.581. The van der Waals surface area contributed by atoms with E-state index in [9.17, 15) is 13.2 Å². The lowest BCUT2D eigenvalue weighted by atomic mass is 10.0. The van der Waals surface area contributed by atoms with Crippen molar-refractivity contribution in [3.63, 3.8) is 0 Å². The highest BCUT2D eigenvalue weighted by atomic mass is 79.9. The van der Waals surface area contributed by atoms with Gasteiger partial charge >= 0.3 is 0 Å². The number of aryl methyl sites for hydroxylation is 1. The number of carbonyl (C=O) groups excluding carboxylic acids is 1. The topological polar surface area (TPSA) is 66.5 Å². The van der Waals surface area contributed by atoms with Gasteiger partial charge in [0.2, 0.25) is 0 Å². The molecular weight excluding hydrogens is 460 g/mol. The first-order valence-corrected chi connectivity index (χ1v) is 11.8. The summed E-state index contributed by atoms with van der Waals surface area (Å²) in [6.45, 7) is 0.456. The number of amides is 1. The van der Waals surface area contributed by atoms with Crippen molar-refractivity contribution in [2.75, 3.05) is 16.2 Å². The Morgan fingerprint density at radius 3 is 2.61 bits per heavy atom. The molecule has 0 fully saturated rings. The van der Waals surface area contributed by atoms with E-state index in [-0.39, 0.29) is 5.91 Å². The molecule has 144 valence electrons. The van der Waals surface area contributed by atoms with Crippen molar-refractivity contribution in [3.05, 3.63) is 75.6 Å². The molecule has 0 spiro atoms. The van der Waals surface area contributed by atoms with Crippen LogP contribution < -0.4 is 9.62 Å². The van der Waals surface area contributed by atoms with Gasteiger partial charge in [-0.2, -0.15) is 0 Å². The van der Waals surface area contributed by atoms with E-state index in [1.54, 1.807) is 41.8 Å². The highest BCUT2D eigenvalue weighted by molar-refractivity contribution is 9.10. The predicted octanol–water partition coefficient (Wildman–Crippen LogP) is 4.90. The lowest BCUT2D eigenvalue weighted by Crippen LogP contribution is -2.35. The van der Waals surface area contributed by atoms with Crippen molar-refractivity contribution < 1.29 is 13.2 Å². The van der Waals surface area contributed by atoms with E-state index in [0.29, 0.717) is 27.7 Å². The Balaban J connectivity index is 1.60. The molecule has 0 saturated heterocycles. The zero-order valence-electron chi connectivity index (χ0n) is 14.8. The number of hydrogen-bond acceptors (Lipinski definition) is 4. The molecule has 0 aliphatic carbocycles. The number of carbonyl (C=O) groups is 1. The van der Waals surface area contributed by atoms with E-state index >= 15 is 0 Å². The standard InChI is InChI=1S/C20H17BrN2O3S2/c21-16-7-5-14(6-8-16)20(24)22-17-9-10-18-15(13-17)3-1-11-23(18)28(25,26)19-4-2-12-27-19/h2,4-10,12-13H,1,3,11H2,(H,22,24). The van der Waals surface area contributed by atoms with E-state index in [2.05, 4.69) is 21.2 Å². The molecule has 0 atom stereocenters. The lowest BCUT2D eigenvalue weighted by molar-refractivity contribution is 0.102. The fourth-order valence-corrected chi connectivity index (χ4v) is 6.12. The summed E-state index contributed by atoms with van der Waals surface area (Å²) < 4.78 is 28.6. The average molecular weight is 477 g/mol. The molecule has 1 aliphatic rings. The number of fused-ring (bicyclic) bond motifs is 1. The van der Waals surface area contributed by atoms with Gasteiger partial charge in [-0.1, -0.05) is 22.0 Å². The highest BCUT2D eigenvalue weighted by Crippen LogP contribution is 2.34. The van der Waals surface area contributed by atoms with Crippen molar-refractivity contribution in [2.45, 2.75) is 17.1 Å². The minimum atomic E-state index is -3.56. The monoisotopic (exact) mass is 476 g/mol. The van der Waals surface area contributed by atoms with Crippen LogP contribution >= 0.6 is 27.3 Å². The van der Waals surface area contributed by atoms with E-state index < -0.39 is 10.0 Å². The van der Waals surface area contributed by atoms with Gasteiger partial charge in [-0.25, -0.2) is 8.42 Å². The number of hydrogen-bond donors (Lipinski definition) is 1. The summed E-state index contributed by atoms with van der Waals surface area (Å²) in [7, 11) is -3.56. The molecule has 0 unspecified atom stereocenters. The molecule has 4 rings (SSSR count). The van der Waals surface area contributed by atoms with Crippen LogP contribution in [0.15, 0.2) is 68.7 Å². The summed E-state index contributed by atoms with van der Waals surface area (Å²) in [5.41, 5.74) is 2.81. The fraction of sp³-hybridized carbons (Fsp3) is 0.150. The number of thiophene rings is 1. The number of anilines is 2. The zero-order chi connectivity index (χ0) is 19.7. The van der Waals surface area contributed by atoms with Crippen LogP contribution in [0.2, 0.25) is 0 Å². The molecule has 0 saturated carbocycles. The van der Waals surface area contributed by atoms with Crippen LogP contribution in [-0.2, 0) is 16.4 Å². The maximum Gasteiger partial charge on any atom is 0.273 e. The number of sulfonamides is 1. The minimum Gasteiger partial charge on any atom is -0.322 e. The Labute approximate surface area is 176 Å². The minimum absolute atomic E-state index is 0.202. The van der Waals surface area contributed by atoms with Crippen molar-refractivity contribution >= 4 is 54.6 Å². The van der Waals surface area contributed by atoms with Crippen LogP contribution in [-0.4, -0.2) is 20.9 Å². The highest BCUT2D eigenvalue weighted by Gasteiger charge is 2.29. The van der Waals surface area contributed by atoms with E-state index in [1.807, 2.05) is 18.2 Å². The second kappa shape index (κ2) is 7.69. The van der Waals surface area contributed by atoms with Gasteiger partial charge in [-0.15, -0.1) is 11.3 Å². The molecule has 8 heteroatoms. The van der Waals surface area contributed by atoms with Gasteiger partial charge in [0.05, 0.1) is 5.69 Å². The molecule has 0 bridgehead atoms. The molecule has 1 aromatic heterocycles. The maximum atomic E-state index is 12.9. The molecule has 2 aromatic carbocycles. The third-order valence-electron chi connectivity index (χ3n) is 4.56. The Morgan fingerprint density at radius 1 is 1.11 bits per heavy atom. The van der Waals surface area contributed by atoms with Crippen molar-refractivity contribution in [1.82, 2.24) is 0 Å². The largest absolute Gasteiger partial charge is 0.322 e. The van der Waals surface area contributed by atoms with Gasteiger partial charge < -0.3 is 5.32 Å². The van der Waals surface area contributed by atoms with Crippen LogP contribution in [0.1, 0.15) is 22.3 Å². The smallest absolute Gasteiger partial charge is 0.273 e. The molecular formula is C20H17BrN2O3S2. The van der Waals surface area contributed by atoms with Crippen LogP contribution in [0.3, 0.4) is 0 Å². The number of benzene rings is 2. The fourth-order valence-electron chi connectivity index (χ4n) is 3.21. The summed E-state index contributed by atoms with van der Waals surface area (Å²) in [6.07, 6.45) is 1.51. The Hall–Kier alpha value is -2.16. The second-order valence-corrected chi connectivity index (χ2v) is 10.4. The molecule has 3 aromatic rings. The number of nitrogens with one attached hydrogen (secondary N) is 1. The molecule has 5 nitrogen and oxygen atoms in total. The Bertz CT molecular complexity index is 1110. The Kier molecular flexibility index (Phi) is 5.27. The molecule has 28 heavy (non-hydrogen) atoms. The average Bonchev–Trinajstić information content (AvgIpc) is 3.23. The van der Waals surface area contributed by atoms with Crippen molar-refractivity contribution in [1.29, 1.82) is 0 Å². The summed E-state index contributed by atoms with van der Waals surface area (Å²) in [4.78, 5) is 12.4. The molecule has 1 amide bonds. The van der Waals surface area contributed by atoms with E-state index in [1.165, 1.54) is 15.6 Å². The van der Waals surface area contributed by atoms with Crippen LogP contribution in [0, 0.1) is 0 Å². The first kappa shape index (κ1) is 19.2. The summed E-state index contributed by atoms with van der Waals surface area (Å²) in [5, 5.41) is 4.65. The van der Waals surface area contributed by atoms with Gasteiger partial charge in [0, 0.05) is 22.3 Å². The van der Waals surface area contributed by atoms with Crippen LogP contribution in [0.5, 0.6) is 0 Å². The third-order valence-corrected chi connectivity index (χ3v) is 8.27. The maximum absolute atomic E-state index is 12.9. The van der Waals surface area contributed by atoms with Gasteiger partial charge in [0.25, 0.3) is 15.9 Å². The lowest BCUT2D eigenvalue weighted by Gasteiger charge is -2.30. The third kappa shape index (κ3) is 3.72. The molecule has 1 aliphatic heterocycles. The van der Waals surface area contributed by atoms with Gasteiger partial charge in [-0.3, -0.25) is 9.10 Å².